The molecule has 0 aromatic rings. The quantitative estimate of drug-likeness (QED) is 0.516. The van der Waals surface area contributed by atoms with Gasteiger partial charge in [-0.15, -0.1) is 0 Å². The first kappa shape index (κ1) is 19.5. The molecular formula is C16H24F6NOP. The lowest BCUT2D eigenvalue weighted by molar-refractivity contribution is -0.358. The van der Waals surface area contributed by atoms with Crippen LogP contribution in [0, 0.1) is 17.8 Å². The first-order chi connectivity index (χ1) is 11.1. The average Bonchev–Trinajstić information content (AvgIpc) is 2.31. The zero-order valence-corrected chi connectivity index (χ0v) is 15.2. The van der Waals surface area contributed by atoms with Crippen molar-refractivity contribution in [3.63, 3.8) is 0 Å². The molecule has 4 rings (SSSR count). The molecule has 25 heavy (non-hydrogen) atoms. The zero-order chi connectivity index (χ0) is 18.9. The highest BCUT2D eigenvalue weighted by Crippen LogP contribution is 2.62. The van der Waals surface area contributed by atoms with Gasteiger partial charge >= 0.3 is 12.4 Å². The Morgan fingerprint density at radius 3 is 1.56 bits per heavy atom. The minimum atomic E-state index is -5.76. The first-order valence-corrected chi connectivity index (χ1v) is 11.4. The molecule has 2 nitrogen and oxygen atoms in total. The van der Waals surface area contributed by atoms with Gasteiger partial charge in [-0.1, -0.05) is 0 Å². The van der Waals surface area contributed by atoms with Crippen LogP contribution in [0.15, 0.2) is 4.74 Å². The van der Waals surface area contributed by atoms with Crippen LogP contribution in [0.3, 0.4) is 0 Å². The van der Waals surface area contributed by atoms with Crippen molar-refractivity contribution < 1.29 is 31.4 Å². The SMILES string of the molecule is CP(C)(CC(O)(C(F)(F)F)C(F)(F)F)=NC12CC3CC(CC(C3)C1)C2. The number of rotatable bonds is 3. The molecule has 0 radical (unpaired) electrons. The molecule has 0 spiro atoms. The lowest BCUT2D eigenvalue weighted by Crippen LogP contribution is -2.59. The molecular weight excluding hydrogens is 367 g/mol. The van der Waals surface area contributed by atoms with Gasteiger partial charge in [0.05, 0.1) is 5.54 Å². The zero-order valence-electron chi connectivity index (χ0n) is 14.3. The smallest absolute Gasteiger partial charge is 0.373 e. The predicted octanol–water partition coefficient (Wildman–Crippen LogP) is 5.27. The van der Waals surface area contributed by atoms with Crippen molar-refractivity contribution in [1.29, 1.82) is 0 Å². The van der Waals surface area contributed by atoms with Crippen LogP contribution >= 0.6 is 7.05 Å². The third kappa shape index (κ3) is 3.50. The number of nitrogens with zero attached hydrogens (tertiary/aromatic N) is 1. The van der Waals surface area contributed by atoms with Gasteiger partial charge in [-0.2, -0.15) is 26.3 Å². The van der Waals surface area contributed by atoms with Crippen LogP contribution in [0.5, 0.6) is 0 Å². The lowest BCUT2D eigenvalue weighted by Gasteiger charge is -2.55. The fourth-order valence-corrected chi connectivity index (χ4v) is 8.64. The Balaban J connectivity index is 1.92. The van der Waals surface area contributed by atoms with E-state index in [1.807, 2.05) is 0 Å². The molecule has 0 aromatic carbocycles. The standard InChI is InChI=1S/C16H24F6NOP/c1-25(2,9-14(24,15(17,18)19)16(20,21)22)23-13-6-10-3-11(7-13)5-12(4-10)8-13/h10-12,24H,3-9H2,1-2H3. The molecule has 0 aromatic heterocycles. The monoisotopic (exact) mass is 391 g/mol. The molecule has 0 saturated heterocycles. The van der Waals surface area contributed by atoms with Gasteiger partial charge in [-0.05, 0) is 76.7 Å². The predicted molar refractivity (Wildman–Crippen MR) is 84.0 cm³/mol. The van der Waals surface area contributed by atoms with Gasteiger partial charge in [0.15, 0.2) is 0 Å². The number of hydrogen-bond acceptors (Lipinski definition) is 2. The Labute approximate surface area is 143 Å². The summed E-state index contributed by atoms with van der Waals surface area (Å²) in [5.41, 5.74) is -5.16. The van der Waals surface area contributed by atoms with E-state index < -0.39 is 36.7 Å². The molecule has 0 amide bonds. The summed E-state index contributed by atoms with van der Waals surface area (Å²) >= 11 is 0. The Hall–Kier alpha value is -0.230. The van der Waals surface area contributed by atoms with E-state index in [9.17, 15) is 31.4 Å². The average molecular weight is 391 g/mol. The van der Waals surface area contributed by atoms with Gasteiger partial charge in [0.25, 0.3) is 5.60 Å². The van der Waals surface area contributed by atoms with Crippen LogP contribution in [0.4, 0.5) is 26.3 Å². The number of halogens is 6. The van der Waals surface area contributed by atoms with E-state index in [4.69, 9.17) is 0 Å². The Kier molecular flexibility index (Phi) is 4.40. The maximum absolute atomic E-state index is 13.0. The van der Waals surface area contributed by atoms with Crippen LogP contribution in [-0.4, -0.2) is 48.1 Å². The van der Waals surface area contributed by atoms with Crippen LogP contribution in [0.25, 0.3) is 0 Å². The van der Waals surface area contributed by atoms with E-state index in [0.717, 1.165) is 38.5 Å². The maximum Gasteiger partial charge on any atom is 0.426 e. The molecule has 4 bridgehead atoms. The van der Waals surface area contributed by atoms with Gasteiger partial charge in [0.1, 0.15) is 0 Å². The van der Waals surface area contributed by atoms with Crippen molar-refractivity contribution in [2.24, 2.45) is 22.5 Å². The molecule has 0 atom stereocenters. The van der Waals surface area contributed by atoms with Gasteiger partial charge in [-0.25, -0.2) is 0 Å². The number of hydrogen-bond donors (Lipinski definition) is 1. The van der Waals surface area contributed by atoms with Gasteiger partial charge in [0, 0.05) is 6.16 Å². The molecule has 1 N–H and O–H groups in total. The van der Waals surface area contributed by atoms with Crippen LogP contribution in [0.2, 0.25) is 0 Å². The maximum atomic E-state index is 13.0. The second-order valence-electron chi connectivity index (χ2n) is 8.88. The Morgan fingerprint density at radius 2 is 1.24 bits per heavy atom. The largest absolute Gasteiger partial charge is 0.426 e. The van der Waals surface area contributed by atoms with Crippen molar-refractivity contribution >= 4 is 7.05 Å². The molecule has 0 heterocycles. The third-order valence-electron chi connectivity index (χ3n) is 6.04. The number of alkyl halides is 6. The summed E-state index contributed by atoms with van der Waals surface area (Å²) in [5, 5.41) is 9.55. The number of aliphatic hydroxyl groups is 1. The van der Waals surface area contributed by atoms with Crippen molar-refractivity contribution in [3.8, 4) is 0 Å². The van der Waals surface area contributed by atoms with E-state index in [0.29, 0.717) is 17.8 Å². The van der Waals surface area contributed by atoms with Crippen LogP contribution in [-0.2, 0) is 0 Å². The lowest BCUT2D eigenvalue weighted by atomic mass is 9.53. The highest BCUT2D eigenvalue weighted by atomic mass is 31.2. The van der Waals surface area contributed by atoms with Crippen molar-refractivity contribution in [2.45, 2.75) is 62.0 Å². The minimum absolute atomic E-state index is 0.468. The second-order valence-corrected chi connectivity index (χ2v) is 12.6. The molecule has 4 aliphatic carbocycles. The summed E-state index contributed by atoms with van der Waals surface area (Å²) in [4.78, 5) is 0. The van der Waals surface area contributed by atoms with Crippen molar-refractivity contribution in [1.82, 2.24) is 0 Å². The van der Waals surface area contributed by atoms with E-state index in [1.165, 1.54) is 13.3 Å². The molecule has 146 valence electrons. The fraction of sp³-hybridized carbons (Fsp3) is 1.00. The minimum Gasteiger partial charge on any atom is -0.373 e. The summed E-state index contributed by atoms with van der Waals surface area (Å²) < 4.78 is 82.9. The summed E-state index contributed by atoms with van der Waals surface area (Å²) in [6, 6.07) is 0. The topological polar surface area (TPSA) is 32.6 Å². The Morgan fingerprint density at radius 1 is 0.880 bits per heavy atom. The van der Waals surface area contributed by atoms with E-state index in [-0.39, 0.29) is 0 Å². The molecule has 9 heteroatoms. The van der Waals surface area contributed by atoms with Gasteiger partial charge < -0.3 is 5.11 Å². The summed E-state index contributed by atoms with van der Waals surface area (Å²) in [6.45, 7) is 2.77. The van der Waals surface area contributed by atoms with Gasteiger partial charge in [0.2, 0.25) is 0 Å². The van der Waals surface area contributed by atoms with Crippen LogP contribution < -0.4 is 0 Å². The first-order valence-electron chi connectivity index (χ1n) is 8.58. The highest BCUT2D eigenvalue weighted by molar-refractivity contribution is 7.64. The summed E-state index contributed by atoms with van der Waals surface area (Å²) in [6.07, 6.45) is -7.25. The van der Waals surface area contributed by atoms with Crippen molar-refractivity contribution in [3.05, 3.63) is 0 Å². The highest BCUT2D eigenvalue weighted by Gasteiger charge is 2.71. The fourth-order valence-electron chi connectivity index (χ4n) is 5.70. The van der Waals surface area contributed by atoms with Crippen LogP contribution in [0.1, 0.15) is 38.5 Å². The van der Waals surface area contributed by atoms with E-state index in [1.54, 1.807) is 0 Å². The molecule has 0 aliphatic heterocycles. The van der Waals surface area contributed by atoms with E-state index >= 15 is 0 Å². The summed E-state index contributed by atoms with van der Waals surface area (Å²) in [5.74, 6) is 1.50. The molecule has 4 saturated carbocycles. The normalized spacial score (nSPS) is 36.0. The van der Waals surface area contributed by atoms with Crippen molar-refractivity contribution in [2.75, 3.05) is 19.5 Å². The molecule has 4 aliphatic rings. The van der Waals surface area contributed by atoms with Gasteiger partial charge in [-0.3, -0.25) is 4.74 Å². The second kappa shape index (κ2) is 5.63. The third-order valence-corrected chi connectivity index (χ3v) is 8.24. The molecule has 0 unspecified atom stereocenters. The Bertz CT molecular complexity index is 541. The molecule has 4 fully saturated rings. The van der Waals surface area contributed by atoms with E-state index in [2.05, 4.69) is 4.74 Å². The summed E-state index contributed by atoms with van der Waals surface area (Å²) in [7, 11) is -2.97.